The van der Waals surface area contributed by atoms with Crippen LogP contribution >= 0.6 is 0 Å². The molecule has 1 heterocycles. The lowest BCUT2D eigenvalue weighted by Gasteiger charge is -2.20. The van der Waals surface area contributed by atoms with Crippen molar-refractivity contribution in [2.24, 2.45) is 11.7 Å². The molecular formula is C12H23N3O3. The van der Waals surface area contributed by atoms with Gasteiger partial charge in [0.2, 0.25) is 5.91 Å². The maximum Gasteiger partial charge on any atom is 0.303 e. The molecule has 1 aliphatic heterocycles. The second kappa shape index (κ2) is 7.33. The third kappa shape index (κ3) is 5.01. The van der Waals surface area contributed by atoms with Gasteiger partial charge < -0.3 is 16.2 Å². The average molecular weight is 257 g/mol. The highest BCUT2D eigenvalue weighted by molar-refractivity contribution is 5.78. The predicted octanol–water partition coefficient (Wildman–Crippen LogP) is -0.363. The molecule has 0 aliphatic carbocycles. The second-order valence-electron chi connectivity index (χ2n) is 4.96. The van der Waals surface area contributed by atoms with E-state index in [0.29, 0.717) is 38.0 Å². The van der Waals surface area contributed by atoms with Crippen molar-refractivity contribution in [3.05, 3.63) is 0 Å². The molecule has 1 saturated heterocycles. The lowest BCUT2D eigenvalue weighted by Crippen LogP contribution is -2.39. The van der Waals surface area contributed by atoms with Gasteiger partial charge in [-0.05, 0) is 32.2 Å². The molecule has 1 rings (SSSR count). The van der Waals surface area contributed by atoms with E-state index in [1.807, 2.05) is 0 Å². The number of carbonyl (C=O) groups excluding carboxylic acids is 1. The first kappa shape index (κ1) is 14.9. The molecule has 6 heteroatoms. The summed E-state index contributed by atoms with van der Waals surface area (Å²) in [4.78, 5) is 24.1. The van der Waals surface area contributed by atoms with Gasteiger partial charge in [0.25, 0.3) is 0 Å². The fourth-order valence-corrected chi connectivity index (χ4v) is 2.32. The van der Waals surface area contributed by atoms with Crippen LogP contribution in [0, 0.1) is 5.92 Å². The molecule has 2 unspecified atom stereocenters. The Bertz CT molecular complexity index is 296. The van der Waals surface area contributed by atoms with Crippen LogP contribution in [0.2, 0.25) is 0 Å². The van der Waals surface area contributed by atoms with E-state index in [0.717, 1.165) is 13.0 Å². The minimum atomic E-state index is -0.830. The summed E-state index contributed by atoms with van der Waals surface area (Å²) >= 11 is 0. The van der Waals surface area contributed by atoms with Gasteiger partial charge in [0.1, 0.15) is 0 Å². The number of hydrogen-bond donors (Lipinski definition) is 3. The molecular weight excluding hydrogens is 234 g/mol. The molecule has 18 heavy (non-hydrogen) atoms. The number of carboxylic acids is 1. The number of nitrogens with zero attached hydrogens (tertiary/aromatic N) is 1. The van der Waals surface area contributed by atoms with E-state index in [2.05, 4.69) is 17.1 Å². The molecule has 1 fully saturated rings. The maximum atomic E-state index is 11.7. The lowest BCUT2D eigenvalue weighted by molar-refractivity contribution is -0.137. The van der Waals surface area contributed by atoms with Crippen LogP contribution in [-0.4, -0.2) is 54.1 Å². The van der Waals surface area contributed by atoms with Gasteiger partial charge in [-0.3, -0.25) is 14.5 Å². The smallest absolute Gasteiger partial charge is 0.303 e. The van der Waals surface area contributed by atoms with E-state index >= 15 is 0 Å². The Hall–Kier alpha value is -1.14. The zero-order valence-electron chi connectivity index (χ0n) is 10.9. The van der Waals surface area contributed by atoms with E-state index in [1.54, 1.807) is 0 Å². The molecule has 0 bridgehead atoms. The number of rotatable bonds is 7. The van der Waals surface area contributed by atoms with Gasteiger partial charge in [0, 0.05) is 25.6 Å². The zero-order chi connectivity index (χ0) is 13.5. The molecule has 6 nitrogen and oxygen atoms in total. The fourth-order valence-electron chi connectivity index (χ4n) is 2.32. The van der Waals surface area contributed by atoms with Crippen LogP contribution in [0.25, 0.3) is 0 Å². The first-order chi connectivity index (χ1) is 8.52. The van der Waals surface area contributed by atoms with Crippen molar-refractivity contribution in [1.29, 1.82) is 0 Å². The number of amides is 1. The average Bonchev–Trinajstić information content (AvgIpc) is 2.65. The highest BCUT2D eigenvalue weighted by Crippen LogP contribution is 2.21. The van der Waals surface area contributed by atoms with Crippen molar-refractivity contribution in [2.45, 2.75) is 32.2 Å². The number of aliphatic carboxylic acids is 1. The van der Waals surface area contributed by atoms with Gasteiger partial charge in [0.05, 0.1) is 6.54 Å². The molecule has 0 aromatic rings. The number of nitrogens with one attached hydrogen (secondary N) is 1. The Morgan fingerprint density at radius 1 is 1.50 bits per heavy atom. The number of carbonyl (C=O) groups is 2. The lowest BCUT2D eigenvalue weighted by atomic mass is 10.1. The summed E-state index contributed by atoms with van der Waals surface area (Å²) in [5.74, 6) is -0.382. The Morgan fingerprint density at radius 2 is 2.22 bits per heavy atom. The highest BCUT2D eigenvalue weighted by Gasteiger charge is 2.28. The van der Waals surface area contributed by atoms with Gasteiger partial charge in [0.15, 0.2) is 0 Å². The van der Waals surface area contributed by atoms with Crippen molar-refractivity contribution in [1.82, 2.24) is 10.2 Å². The molecule has 2 atom stereocenters. The van der Waals surface area contributed by atoms with E-state index in [-0.39, 0.29) is 12.3 Å². The summed E-state index contributed by atoms with van der Waals surface area (Å²) in [6.07, 6.45) is 1.61. The minimum Gasteiger partial charge on any atom is -0.481 e. The van der Waals surface area contributed by atoms with Crippen LogP contribution in [0.1, 0.15) is 26.2 Å². The SMILES string of the molecule is CC1CC(CN)CN1CC(=O)NCCCC(=O)O. The molecule has 0 saturated carbocycles. The summed E-state index contributed by atoms with van der Waals surface area (Å²) in [5.41, 5.74) is 5.63. The number of likely N-dealkylation sites (tertiary alicyclic amines) is 1. The van der Waals surface area contributed by atoms with Gasteiger partial charge in [-0.2, -0.15) is 0 Å². The topological polar surface area (TPSA) is 95.7 Å². The van der Waals surface area contributed by atoms with Crippen LogP contribution in [0.5, 0.6) is 0 Å². The van der Waals surface area contributed by atoms with Gasteiger partial charge >= 0.3 is 5.97 Å². The Balaban J connectivity index is 2.18. The van der Waals surface area contributed by atoms with Crippen molar-refractivity contribution in [3.63, 3.8) is 0 Å². The fraction of sp³-hybridized carbons (Fsp3) is 0.833. The summed E-state index contributed by atoms with van der Waals surface area (Å²) in [5, 5.41) is 11.2. The predicted molar refractivity (Wildman–Crippen MR) is 68.1 cm³/mol. The Kier molecular flexibility index (Phi) is 6.07. The number of nitrogens with two attached hydrogens (primary N) is 1. The van der Waals surface area contributed by atoms with Crippen molar-refractivity contribution >= 4 is 11.9 Å². The van der Waals surface area contributed by atoms with Crippen molar-refractivity contribution < 1.29 is 14.7 Å². The number of hydrogen-bond acceptors (Lipinski definition) is 4. The van der Waals surface area contributed by atoms with E-state index in [4.69, 9.17) is 10.8 Å². The minimum absolute atomic E-state index is 0.0371. The molecule has 1 aliphatic rings. The van der Waals surface area contributed by atoms with Crippen LogP contribution in [0.15, 0.2) is 0 Å². The normalized spacial score (nSPS) is 24.1. The van der Waals surface area contributed by atoms with Crippen molar-refractivity contribution in [2.75, 3.05) is 26.2 Å². The highest BCUT2D eigenvalue weighted by atomic mass is 16.4. The van der Waals surface area contributed by atoms with Crippen LogP contribution in [-0.2, 0) is 9.59 Å². The molecule has 1 amide bonds. The van der Waals surface area contributed by atoms with E-state index in [9.17, 15) is 9.59 Å². The Labute approximate surface area is 108 Å². The molecule has 4 N–H and O–H groups in total. The summed E-state index contributed by atoms with van der Waals surface area (Å²) in [7, 11) is 0. The van der Waals surface area contributed by atoms with Crippen LogP contribution in [0.3, 0.4) is 0 Å². The largest absolute Gasteiger partial charge is 0.481 e. The second-order valence-corrected chi connectivity index (χ2v) is 4.96. The molecule has 0 radical (unpaired) electrons. The molecule has 104 valence electrons. The van der Waals surface area contributed by atoms with Crippen molar-refractivity contribution in [3.8, 4) is 0 Å². The molecule has 0 aromatic carbocycles. The maximum absolute atomic E-state index is 11.7. The van der Waals surface area contributed by atoms with Crippen LogP contribution < -0.4 is 11.1 Å². The van der Waals surface area contributed by atoms with Gasteiger partial charge in [-0.15, -0.1) is 0 Å². The van der Waals surface area contributed by atoms with Crippen LogP contribution in [0.4, 0.5) is 0 Å². The summed E-state index contributed by atoms with van der Waals surface area (Å²) in [6, 6.07) is 0.392. The quantitative estimate of drug-likeness (QED) is 0.541. The first-order valence-corrected chi connectivity index (χ1v) is 6.45. The first-order valence-electron chi connectivity index (χ1n) is 6.45. The molecule has 0 spiro atoms. The van der Waals surface area contributed by atoms with Gasteiger partial charge in [-0.1, -0.05) is 0 Å². The Morgan fingerprint density at radius 3 is 2.78 bits per heavy atom. The zero-order valence-corrected chi connectivity index (χ0v) is 10.9. The monoisotopic (exact) mass is 257 g/mol. The molecule has 0 aromatic heterocycles. The summed E-state index contributed by atoms with van der Waals surface area (Å²) < 4.78 is 0. The summed E-state index contributed by atoms with van der Waals surface area (Å²) in [6.45, 7) is 4.45. The van der Waals surface area contributed by atoms with E-state index < -0.39 is 5.97 Å². The van der Waals surface area contributed by atoms with E-state index in [1.165, 1.54) is 0 Å². The third-order valence-corrected chi connectivity index (χ3v) is 3.36. The standard InChI is InChI=1S/C12H23N3O3/c1-9-5-10(6-13)7-15(9)8-11(16)14-4-2-3-12(17)18/h9-10H,2-8,13H2,1H3,(H,14,16)(H,17,18). The number of carboxylic acid groups (broad SMARTS) is 1. The van der Waals surface area contributed by atoms with Gasteiger partial charge in [-0.25, -0.2) is 0 Å². The third-order valence-electron chi connectivity index (χ3n) is 3.36.